The first-order valence-electron chi connectivity index (χ1n) is 6.10. The van der Waals surface area contributed by atoms with Crippen molar-refractivity contribution in [2.45, 2.75) is 39.7 Å². The number of aryl methyl sites for hydroxylation is 1. The molecule has 0 saturated heterocycles. The fraction of sp³-hybridized carbons (Fsp3) is 0.538. The molecule has 2 rings (SSSR count). The van der Waals surface area contributed by atoms with Crippen molar-refractivity contribution in [3.63, 3.8) is 0 Å². The Kier molecular flexibility index (Phi) is 3.43. The molecule has 4 nitrogen and oxygen atoms in total. The highest BCUT2D eigenvalue weighted by molar-refractivity contribution is 7.18. The molecule has 18 heavy (non-hydrogen) atoms. The summed E-state index contributed by atoms with van der Waals surface area (Å²) >= 11 is 1.66. The lowest BCUT2D eigenvalue weighted by Crippen LogP contribution is -2.27. The van der Waals surface area contributed by atoms with Gasteiger partial charge in [-0.25, -0.2) is 4.98 Å². The van der Waals surface area contributed by atoms with Gasteiger partial charge in [-0.1, -0.05) is 6.92 Å². The third-order valence-electron chi connectivity index (χ3n) is 2.93. The molecule has 2 aromatic rings. The quantitative estimate of drug-likeness (QED) is 0.917. The molecular weight excluding hydrogens is 246 g/mol. The Morgan fingerprint density at radius 2 is 2.11 bits per heavy atom. The van der Waals surface area contributed by atoms with Gasteiger partial charge in [0, 0.05) is 11.9 Å². The summed E-state index contributed by atoms with van der Waals surface area (Å²) in [6.45, 7) is 8.31. The van der Waals surface area contributed by atoms with Gasteiger partial charge in [0.2, 0.25) is 11.8 Å². The van der Waals surface area contributed by atoms with Crippen LogP contribution in [0.15, 0.2) is 6.07 Å². The predicted octanol–water partition coefficient (Wildman–Crippen LogP) is 3.61. The van der Waals surface area contributed by atoms with Gasteiger partial charge in [-0.05, 0) is 33.3 Å². The molecule has 0 atom stereocenters. The molecule has 2 heterocycles. The van der Waals surface area contributed by atoms with Crippen LogP contribution >= 0.6 is 11.3 Å². The Balaban J connectivity index is 2.53. The van der Waals surface area contributed by atoms with Crippen molar-refractivity contribution in [2.75, 3.05) is 12.4 Å². The van der Waals surface area contributed by atoms with Crippen LogP contribution in [-0.2, 0) is 0 Å². The molecule has 0 radical (unpaired) electrons. The smallest absolute Gasteiger partial charge is 0.227 e. The normalized spacial score (nSPS) is 11.8. The highest BCUT2D eigenvalue weighted by atomic mass is 32.1. The summed E-state index contributed by atoms with van der Waals surface area (Å²) in [5, 5.41) is 3.98. The van der Waals surface area contributed by atoms with Crippen LogP contribution in [0.1, 0.15) is 32.1 Å². The van der Waals surface area contributed by atoms with E-state index in [1.807, 2.05) is 7.05 Å². The van der Waals surface area contributed by atoms with Crippen molar-refractivity contribution in [1.82, 2.24) is 9.97 Å². The van der Waals surface area contributed by atoms with Crippen molar-refractivity contribution >= 4 is 27.5 Å². The third kappa shape index (κ3) is 2.56. The van der Waals surface area contributed by atoms with Crippen molar-refractivity contribution < 1.29 is 4.74 Å². The lowest BCUT2D eigenvalue weighted by Gasteiger charge is -2.24. The second-order valence-electron chi connectivity index (χ2n) is 4.89. The largest absolute Gasteiger partial charge is 0.471 e. The Bertz CT molecular complexity index is 563. The van der Waals surface area contributed by atoms with E-state index < -0.39 is 0 Å². The summed E-state index contributed by atoms with van der Waals surface area (Å²) in [6, 6.07) is 2.08. The van der Waals surface area contributed by atoms with E-state index in [4.69, 9.17) is 4.74 Å². The number of fused-ring (bicyclic) bond motifs is 1. The molecule has 0 amide bonds. The standard InChI is InChI=1S/C13H19N3OS/c1-6-13(3,4)17-10-9-7-8(2)18-11(9)16-12(14-5)15-10/h7H,6H2,1-5H3,(H,14,15,16). The summed E-state index contributed by atoms with van der Waals surface area (Å²) in [4.78, 5) is 11.1. The van der Waals surface area contributed by atoms with Gasteiger partial charge in [0.05, 0.1) is 5.39 Å². The molecule has 0 aromatic carbocycles. The number of anilines is 1. The van der Waals surface area contributed by atoms with Crippen molar-refractivity contribution in [3.8, 4) is 5.88 Å². The van der Waals surface area contributed by atoms with Gasteiger partial charge < -0.3 is 10.1 Å². The Hall–Kier alpha value is -1.36. The Morgan fingerprint density at radius 1 is 1.39 bits per heavy atom. The molecule has 0 aliphatic rings. The fourth-order valence-electron chi connectivity index (χ4n) is 1.54. The van der Waals surface area contributed by atoms with Crippen LogP contribution < -0.4 is 10.1 Å². The zero-order chi connectivity index (χ0) is 13.3. The monoisotopic (exact) mass is 265 g/mol. The van der Waals surface area contributed by atoms with E-state index in [0.717, 1.165) is 16.6 Å². The minimum Gasteiger partial charge on any atom is -0.471 e. The van der Waals surface area contributed by atoms with E-state index in [1.54, 1.807) is 11.3 Å². The number of aromatic nitrogens is 2. The second kappa shape index (κ2) is 4.72. The van der Waals surface area contributed by atoms with Gasteiger partial charge >= 0.3 is 0 Å². The van der Waals surface area contributed by atoms with Gasteiger partial charge in [0.15, 0.2) is 0 Å². The maximum atomic E-state index is 6.04. The van der Waals surface area contributed by atoms with E-state index in [1.165, 1.54) is 4.88 Å². The number of ether oxygens (including phenoxy) is 1. The Morgan fingerprint density at radius 3 is 2.72 bits per heavy atom. The Labute approximate surface area is 111 Å². The van der Waals surface area contributed by atoms with Gasteiger partial charge in [0.25, 0.3) is 0 Å². The number of hydrogen-bond acceptors (Lipinski definition) is 5. The minimum atomic E-state index is -0.220. The number of thiophene rings is 1. The van der Waals surface area contributed by atoms with E-state index in [2.05, 4.69) is 49.0 Å². The third-order valence-corrected chi connectivity index (χ3v) is 3.87. The topological polar surface area (TPSA) is 47.0 Å². The van der Waals surface area contributed by atoms with Crippen molar-refractivity contribution in [1.29, 1.82) is 0 Å². The van der Waals surface area contributed by atoms with Gasteiger partial charge in [0.1, 0.15) is 10.4 Å². The molecule has 1 N–H and O–H groups in total. The zero-order valence-electron chi connectivity index (χ0n) is 11.5. The number of rotatable bonds is 4. The molecule has 0 fully saturated rings. The first-order valence-corrected chi connectivity index (χ1v) is 6.92. The van der Waals surface area contributed by atoms with E-state index in [0.29, 0.717) is 11.8 Å². The molecule has 0 unspecified atom stereocenters. The van der Waals surface area contributed by atoms with Gasteiger partial charge in [-0.3, -0.25) is 0 Å². The molecule has 2 aromatic heterocycles. The molecule has 0 saturated carbocycles. The molecule has 98 valence electrons. The van der Waals surface area contributed by atoms with Crippen LogP contribution in [0.5, 0.6) is 5.88 Å². The highest BCUT2D eigenvalue weighted by Crippen LogP contribution is 2.33. The van der Waals surface area contributed by atoms with Gasteiger partial charge in [-0.15, -0.1) is 11.3 Å². The number of nitrogens with zero attached hydrogens (tertiary/aromatic N) is 2. The van der Waals surface area contributed by atoms with Crippen LogP contribution in [-0.4, -0.2) is 22.6 Å². The van der Waals surface area contributed by atoms with Crippen LogP contribution in [0.25, 0.3) is 10.2 Å². The zero-order valence-corrected chi connectivity index (χ0v) is 12.3. The second-order valence-corrected chi connectivity index (χ2v) is 6.13. The fourth-order valence-corrected chi connectivity index (χ4v) is 2.41. The average molecular weight is 265 g/mol. The average Bonchev–Trinajstić information content (AvgIpc) is 2.69. The summed E-state index contributed by atoms with van der Waals surface area (Å²) in [5.74, 6) is 1.27. The van der Waals surface area contributed by atoms with Crippen LogP contribution in [0.4, 0.5) is 5.95 Å². The number of hydrogen-bond donors (Lipinski definition) is 1. The minimum absolute atomic E-state index is 0.220. The lowest BCUT2D eigenvalue weighted by molar-refractivity contribution is 0.101. The van der Waals surface area contributed by atoms with Crippen LogP contribution in [0, 0.1) is 6.92 Å². The number of nitrogens with one attached hydrogen (secondary N) is 1. The van der Waals surface area contributed by atoms with Crippen molar-refractivity contribution in [3.05, 3.63) is 10.9 Å². The van der Waals surface area contributed by atoms with E-state index in [-0.39, 0.29) is 5.60 Å². The van der Waals surface area contributed by atoms with Gasteiger partial charge in [-0.2, -0.15) is 4.98 Å². The molecule has 0 aliphatic heterocycles. The molecule has 0 bridgehead atoms. The van der Waals surface area contributed by atoms with Crippen molar-refractivity contribution in [2.24, 2.45) is 0 Å². The molecule has 0 spiro atoms. The SMILES string of the molecule is CCC(C)(C)Oc1nc(NC)nc2sc(C)cc12. The summed E-state index contributed by atoms with van der Waals surface area (Å²) in [6.07, 6.45) is 0.927. The molecule has 0 aliphatic carbocycles. The summed E-state index contributed by atoms with van der Waals surface area (Å²) < 4.78 is 6.04. The predicted molar refractivity (Wildman–Crippen MR) is 76.7 cm³/mol. The molecular formula is C13H19N3OS. The maximum absolute atomic E-state index is 6.04. The summed E-state index contributed by atoms with van der Waals surface area (Å²) in [5.41, 5.74) is -0.220. The van der Waals surface area contributed by atoms with E-state index in [9.17, 15) is 0 Å². The first kappa shape index (κ1) is 13.1. The van der Waals surface area contributed by atoms with Crippen LogP contribution in [0.3, 0.4) is 0 Å². The highest BCUT2D eigenvalue weighted by Gasteiger charge is 2.21. The first-order chi connectivity index (χ1) is 8.45. The lowest BCUT2D eigenvalue weighted by atomic mass is 10.1. The van der Waals surface area contributed by atoms with E-state index >= 15 is 0 Å². The maximum Gasteiger partial charge on any atom is 0.227 e. The molecule has 5 heteroatoms. The van der Waals surface area contributed by atoms with Crippen LogP contribution in [0.2, 0.25) is 0 Å². The summed E-state index contributed by atoms with van der Waals surface area (Å²) in [7, 11) is 1.82.